The van der Waals surface area contributed by atoms with Gasteiger partial charge in [0.25, 0.3) is 5.91 Å². The molecule has 35 heavy (non-hydrogen) atoms. The van der Waals surface area contributed by atoms with E-state index in [2.05, 4.69) is 51.9 Å². The molecule has 0 aliphatic heterocycles. The van der Waals surface area contributed by atoms with Gasteiger partial charge in [-0.3, -0.25) is 9.89 Å². The molecule has 4 aromatic carbocycles. The van der Waals surface area contributed by atoms with Gasteiger partial charge in [-0.15, -0.1) is 0 Å². The molecule has 1 heterocycles. The second kappa shape index (κ2) is 10.1. The van der Waals surface area contributed by atoms with Crippen LogP contribution in [0.15, 0.2) is 102 Å². The van der Waals surface area contributed by atoms with Crippen molar-refractivity contribution in [3.8, 4) is 17.0 Å². The summed E-state index contributed by atoms with van der Waals surface area (Å²) < 4.78 is 5.87. The Kier molecular flexibility index (Phi) is 6.35. The van der Waals surface area contributed by atoms with Gasteiger partial charge in [0.05, 0.1) is 11.9 Å². The largest absolute Gasteiger partial charge is 0.489 e. The molecule has 0 saturated carbocycles. The molecular formula is C29H24N4O2. The molecule has 0 radical (unpaired) electrons. The average molecular weight is 461 g/mol. The average Bonchev–Trinajstić information content (AvgIpc) is 3.39. The van der Waals surface area contributed by atoms with Gasteiger partial charge in [0, 0.05) is 11.1 Å². The second-order valence-electron chi connectivity index (χ2n) is 8.23. The minimum Gasteiger partial charge on any atom is -0.489 e. The van der Waals surface area contributed by atoms with Gasteiger partial charge in [-0.2, -0.15) is 10.2 Å². The normalized spacial score (nSPS) is 11.1. The van der Waals surface area contributed by atoms with E-state index in [1.54, 1.807) is 12.3 Å². The number of amides is 1. The third-order valence-corrected chi connectivity index (χ3v) is 5.69. The summed E-state index contributed by atoms with van der Waals surface area (Å²) in [6.07, 6.45) is 1.65. The van der Waals surface area contributed by atoms with Crippen LogP contribution in [0.3, 0.4) is 0 Å². The maximum Gasteiger partial charge on any atom is 0.289 e. The Morgan fingerprint density at radius 3 is 2.57 bits per heavy atom. The molecular weight excluding hydrogens is 436 g/mol. The Morgan fingerprint density at radius 2 is 1.74 bits per heavy atom. The fraction of sp³-hybridized carbons (Fsp3) is 0.0690. The number of aromatic nitrogens is 2. The van der Waals surface area contributed by atoms with Crippen molar-refractivity contribution in [3.05, 3.63) is 119 Å². The molecule has 6 heteroatoms. The van der Waals surface area contributed by atoms with Gasteiger partial charge in [-0.1, -0.05) is 72.3 Å². The lowest BCUT2D eigenvalue weighted by Crippen LogP contribution is -2.18. The number of H-pyrrole nitrogens is 1. The topological polar surface area (TPSA) is 79.4 Å². The molecule has 0 fully saturated rings. The molecule has 0 saturated heterocycles. The van der Waals surface area contributed by atoms with Crippen LogP contribution in [0.1, 0.15) is 27.2 Å². The highest BCUT2D eigenvalue weighted by atomic mass is 16.5. The Labute approximate surface area is 203 Å². The highest BCUT2D eigenvalue weighted by molar-refractivity contribution is 6.00. The first-order valence-electron chi connectivity index (χ1n) is 11.3. The monoisotopic (exact) mass is 460 g/mol. The molecule has 0 spiro atoms. The molecule has 0 unspecified atom stereocenters. The second-order valence-corrected chi connectivity index (χ2v) is 8.23. The summed E-state index contributed by atoms with van der Waals surface area (Å²) >= 11 is 0. The van der Waals surface area contributed by atoms with Crippen molar-refractivity contribution < 1.29 is 9.53 Å². The van der Waals surface area contributed by atoms with Crippen molar-refractivity contribution in [2.75, 3.05) is 0 Å². The van der Waals surface area contributed by atoms with E-state index in [4.69, 9.17) is 4.74 Å². The summed E-state index contributed by atoms with van der Waals surface area (Å²) in [7, 11) is 0. The Hall–Kier alpha value is -4.71. The van der Waals surface area contributed by atoms with E-state index >= 15 is 0 Å². The number of hydrogen-bond donors (Lipinski definition) is 2. The van der Waals surface area contributed by atoms with Crippen molar-refractivity contribution in [2.24, 2.45) is 5.10 Å². The molecule has 1 aromatic heterocycles. The molecule has 5 aromatic rings. The van der Waals surface area contributed by atoms with Gasteiger partial charge >= 0.3 is 0 Å². The zero-order valence-electron chi connectivity index (χ0n) is 19.2. The van der Waals surface area contributed by atoms with Crippen LogP contribution in [0, 0.1) is 6.92 Å². The number of benzene rings is 4. The molecule has 6 nitrogen and oxygen atoms in total. The molecule has 0 bridgehead atoms. The number of ether oxygens (including phenoxy) is 1. The standard InChI is InChI=1S/C29H24N4O2/c1-20-9-11-21(12-10-20)19-35-25-15-13-23(14-16-25)27-17-28(32-31-27)29(34)33-30-18-24-7-4-6-22-5-2-3-8-26(22)24/h2-18H,19H2,1H3,(H,31,32)(H,33,34)/b30-18-. The van der Waals surface area contributed by atoms with Crippen molar-refractivity contribution in [3.63, 3.8) is 0 Å². The van der Waals surface area contributed by atoms with Gasteiger partial charge in [0.1, 0.15) is 18.1 Å². The van der Waals surface area contributed by atoms with Crippen LogP contribution in [0.4, 0.5) is 0 Å². The Morgan fingerprint density at radius 1 is 0.971 bits per heavy atom. The van der Waals surface area contributed by atoms with Gasteiger partial charge in [-0.25, -0.2) is 5.43 Å². The number of nitrogens with zero attached hydrogens (tertiary/aromatic N) is 2. The van der Waals surface area contributed by atoms with E-state index in [9.17, 15) is 4.79 Å². The van der Waals surface area contributed by atoms with Gasteiger partial charge in [-0.05, 0) is 53.6 Å². The first kappa shape index (κ1) is 22.1. The lowest BCUT2D eigenvalue weighted by molar-refractivity contribution is 0.0950. The number of hydrogen-bond acceptors (Lipinski definition) is 4. The number of fused-ring (bicyclic) bond motifs is 1. The number of carbonyl (C=O) groups is 1. The van der Waals surface area contributed by atoms with Crippen LogP contribution in [0.2, 0.25) is 0 Å². The third kappa shape index (κ3) is 5.28. The van der Waals surface area contributed by atoms with Crippen molar-refractivity contribution in [1.29, 1.82) is 0 Å². The number of rotatable bonds is 7. The number of carbonyl (C=O) groups excluding carboxylic acids is 1. The first-order chi connectivity index (χ1) is 17.2. The minimum atomic E-state index is -0.363. The highest BCUT2D eigenvalue weighted by Gasteiger charge is 2.11. The predicted molar refractivity (Wildman–Crippen MR) is 139 cm³/mol. The lowest BCUT2D eigenvalue weighted by Gasteiger charge is -2.07. The van der Waals surface area contributed by atoms with Crippen molar-refractivity contribution >= 4 is 22.9 Å². The smallest absolute Gasteiger partial charge is 0.289 e. The number of hydrazone groups is 1. The Bertz CT molecular complexity index is 1480. The zero-order valence-corrected chi connectivity index (χ0v) is 19.2. The zero-order chi connectivity index (χ0) is 24.0. The van der Waals surface area contributed by atoms with E-state index in [0.717, 1.165) is 33.2 Å². The van der Waals surface area contributed by atoms with Crippen LogP contribution >= 0.6 is 0 Å². The molecule has 2 N–H and O–H groups in total. The highest BCUT2D eigenvalue weighted by Crippen LogP contribution is 2.22. The summed E-state index contributed by atoms with van der Waals surface area (Å²) in [5, 5.41) is 13.4. The summed E-state index contributed by atoms with van der Waals surface area (Å²) in [5.41, 5.74) is 7.70. The van der Waals surface area contributed by atoms with Gasteiger partial charge < -0.3 is 4.74 Å². The van der Waals surface area contributed by atoms with Crippen molar-refractivity contribution in [2.45, 2.75) is 13.5 Å². The van der Waals surface area contributed by atoms with E-state index in [-0.39, 0.29) is 5.91 Å². The first-order valence-corrected chi connectivity index (χ1v) is 11.3. The van der Waals surface area contributed by atoms with Gasteiger partial charge in [0.2, 0.25) is 0 Å². The molecule has 172 valence electrons. The number of aromatic amines is 1. The fourth-order valence-electron chi connectivity index (χ4n) is 3.74. The maximum absolute atomic E-state index is 12.5. The molecule has 1 amide bonds. The van der Waals surface area contributed by atoms with Crippen LogP contribution in [0.5, 0.6) is 5.75 Å². The Balaban J connectivity index is 1.20. The predicted octanol–water partition coefficient (Wildman–Crippen LogP) is 5.88. The van der Waals surface area contributed by atoms with Crippen LogP contribution in [-0.4, -0.2) is 22.3 Å². The van der Waals surface area contributed by atoms with Gasteiger partial charge in [0.15, 0.2) is 0 Å². The van der Waals surface area contributed by atoms with E-state index < -0.39 is 0 Å². The maximum atomic E-state index is 12.5. The van der Waals surface area contributed by atoms with Crippen LogP contribution in [-0.2, 0) is 6.61 Å². The third-order valence-electron chi connectivity index (χ3n) is 5.69. The van der Waals surface area contributed by atoms with Crippen molar-refractivity contribution in [1.82, 2.24) is 15.6 Å². The molecule has 0 aliphatic rings. The lowest BCUT2D eigenvalue weighted by atomic mass is 10.1. The summed E-state index contributed by atoms with van der Waals surface area (Å²) in [6.45, 7) is 2.57. The number of aryl methyl sites for hydroxylation is 1. The van der Waals surface area contributed by atoms with E-state index in [0.29, 0.717) is 18.0 Å². The summed E-state index contributed by atoms with van der Waals surface area (Å²) in [5.74, 6) is 0.406. The number of nitrogens with one attached hydrogen (secondary N) is 2. The summed E-state index contributed by atoms with van der Waals surface area (Å²) in [4.78, 5) is 12.5. The SMILES string of the molecule is Cc1ccc(COc2ccc(-c3cc(C(=O)N/N=C\c4cccc5ccccc45)[nH]n3)cc2)cc1. The quantitative estimate of drug-likeness (QED) is 0.235. The minimum absolute atomic E-state index is 0.328. The molecule has 0 aliphatic carbocycles. The molecule has 0 atom stereocenters. The summed E-state index contributed by atoms with van der Waals surface area (Å²) in [6, 6.07) is 31.6. The van der Waals surface area contributed by atoms with E-state index in [1.165, 1.54) is 5.56 Å². The fourth-order valence-corrected chi connectivity index (χ4v) is 3.74. The molecule has 5 rings (SSSR count). The van der Waals surface area contributed by atoms with E-state index in [1.807, 2.05) is 66.7 Å². The van der Waals surface area contributed by atoms with Crippen LogP contribution in [0.25, 0.3) is 22.0 Å². The van der Waals surface area contributed by atoms with Crippen LogP contribution < -0.4 is 10.2 Å².